The van der Waals surface area contributed by atoms with Crippen LogP contribution in [0.5, 0.6) is 0 Å². The summed E-state index contributed by atoms with van der Waals surface area (Å²) in [5.41, 5.74) is 0. The zero-order valence-electron chi connectivity index (χ0n) is 8.64. The molecule has 1 aliphatic rings. The Bertz CT molecular complexity index is 360. The van der Waals surface area contributed by atoms with Gasteiger partial charge in [0, 0.05) is 12.6 Å². The van der Waals surface area contributed by atoms with Gasteiger partial charge in [-0.1, -0.05) is 0 Å². The summed E-state index contributed by atoms with van der Waals surface area (Å²) in [5.74, 6) is 0.0113. The fraction of sp³-hybridized carbons (Fsp3) is 0.600. The van der Waals surface area contributed by atoms with Crippen molar-refractivity contribution in [3.63, 3.8) is 0 Å². The molecule has 0 radical (unpaired) electrons. The Labute approximate surface area is 92.6 Å². The first-order valence-electron chi connectivity index (χ1n) is 5.06. The quantitative estimate of drug-likeness (QED) is 0.835. The van der Waals surface area contributed by atoms with Crippen molar-refractivity contribution >= 4 is 17.2 Å². The van der Waals surface area contributed by atoms with Crippen molar-refractivity contribution in [2.24, 2.45) is 0 Å². The van der Waals surface area contributed by atoms with E-state index < -0.39 is 0 Å². The predicted octanol–water partition coefficient (Wildman–Crippen LogP) is 1.05. The molecule has 0 saturated heterocycles. The Hall–Kier alpha value is -0.940. The Morgan fingerprint density at radius 3 is 2.93 bits per heavy atom. The fourth-order valence-corrected chi connectivity index (χ4v) is 2.28. The lowest BCUT2D eigenvalue weighted by atomic mass is 10.4. The number of carbonyl (C=O) groups excluding carboxylic acids is 1. The van der Waals surface area contributed by atoms with Gasteiger partial charge < -0.3 is 10.0 Å². The first-order chi connectivity index (χ1) is 7.22. The van der Waals surface area contributed by atoms with Crippen LogP contribution in [0.25, 0.3) is 0 Å². The molecule has 0 aliphatic heterocycles. The van der Waals surface area contributed by atoms with Gasteiger partial charge in [0.05, 0.1) is 17.8 Å². The van der Waals surface area contributed by atoms with Crippen LogP contribution in [-0.4, -0.2) is 40.1 Å². The largest absolute Gasteiger partial charge is 0.395 e. The molecule has 1 aromatic heterocycles. The molecule has 0 aromatic carbocycles. The first-order valence-corrected chi connectivity index (χ1v) is 5.88. The van der Waals surface area contributed by atoms with Crippen LogP contribution in [0.4, 0.5) is 0 Å². The second kappa shape index (κ2) is 4.28. The molecule has 1 heterocycles. The minimum atomic E-state index is 0.0113. The zero-order valence-corrected chi connectivity index (χ0v) is 9.46. The highest BCUT2D eigenvalue weighted by atomic mass is 32.1. The van der Waals surface area contributed by atoms with Crippen LogP contribution < -0.4 is 0 Å². The maximum Gasteiger partial charge on any atom is 0.265 e. The maximum atomic E-state index is 12.0. The summed E-state index contributed by atoms with van der Waals surface area (Å²) in [6.45, 7) is 2.34. The summed E-state index contributed by atoms with van der Waals surface area (Å²) in [5, 5.41) is 9.81. The average molecular weight is 226 g/mol. The number of hydrogen-bond acceptors (Lipinski definition) is 4. The third-order valence-electron chi connectivity index (χ3n) is 2.42. The number of nitrogens with zero attached hydrogens (tertiary/aromatic N) is 2. The lowest BCUT2D eigenvalue weighted by Gasteiger charge is -2.20. The summed E-state index contributed by atoms with van der Waals surface area (Å²) >= 11 is 1.41. The third-order valence-corrected chi connectivity index (χ3v) is 3.32. The average Bonchev–Trinajstić information content (AvgIpc) is 2.96. The summed E-state index contributed by atoms with van der Waals surface area (Å²) in [7, 11) is 0. The molecule has 5 heteroatoms. The first kappa shape index (κ1) is 10.6. The van der Waals surface area contributed by atoms with Crippen LogP contribution in [0.1, 0.15) is 27.5 Å². The van der Waals surface area contributed by atoms with E-state index in [0.717, 1.165) is 17.8 Å². The van der Waals surface area contributed by atoms with E-state index in [0.29, 0.717) is 17.5 Å². The van der Waals surface area contributed by atoms with Crippen molar-refractivity contribution in [1.82, 2.24) is 9.88 Å². The minimum absolute atomic E-state index is 0.0113. The minimum Gasteiger partial charge on any atom is -0.395 e. The molecular weight excluding hydrogens is 212 g/mol. The lowest BCUT2D eigenvalue weighted by Crippen LogP contribution is -2.35. The van der Waals surface area contributed by atoms with Gasteiger partial charge in [0.15, 0.2) is 0 Å². The number of aliphatic hydroxyl groups excluding tert-OH is 1. The smallest absolute Gasteiger partial charge is 0.265 e. The van der Waals surface area contributed by atoms with Crippen LogP contribution in [0.15, 0.2) is 6.20 Å². The second-order valence-corrected chi connectivity index (χ2v) is 4.93. The van der Waals surface area contributed by atoms with Gasteiger partial charge in [0.2, 0.25) is 0 Å². The van der Waals surface area contributed by atoms with E-state index in [4.69, 9.17) is 5.11 Å². The van der Waals surface area contributed by atoms with Crippen LogP contribution in [0.3, 0.4) is 0 Å². The van der Waals surface area contributed by atoms with Crippen molar-refractivity contribution < 1.29 is 9.90 Å². The molecule has 0 spiro atoms. The normalized spacial score (nSPS) is 15.3. The van der Waals surface area contributed by atoms with Gasteiger partial charge in [0.1, 0.15) is 4.88 Å². The lowest BCUT2D eigenvalue weighted by molar-refractivity contribution is 0.0712. The van der Waals surface area contributed by atoms with Gasteiger partial charge in [-0.05, 0) is 19.8 Å². The molecular formula is C10H14N2O2S. The predicted molar refractivity (Wildman–Crippen MR) is 58.0 cm³/mol. The van der Waals surface area contributed by atoms with Crippen LogP contribution in [0.2, 0.25) is 0 Å². The van der Waals surface area contributed by atoms with Gasteiger partial charge >= 0.3 is 0 Å². The second-order valence-electron chi connectivity index (χ2n) is 3.70. The van der Waals surface area contributed by atoms with Crippen molar-refractivity contribution in [1.29, 1.82) is 0 Å². The summed E-state index contributed by atoms with van der Waals surface area (Å²) in [6, 6.07) is 0.340. The van der Waals surface area contributed by atoms with E-state index in [1.807, 2.05) is 6.92 Å². The van der Waals surface area contributed by atoms with Crippen LogP contribution >= 0.6 is 11.3 Å². The molecule has 0 unspecified atom stereocenters. The number of thiazole rings is 1. The highest BCUT2D eigenvalue weighted by Crippen LogP contribution is 2.28. The number of rotatable bonds is 4. The molecule has 1 aliphatic carbocycles. The standard InChI is InChI=1S/C10H14N2O2S/c1-7-11-6-9(15-7)10(14)12(4-5-13)8-2-3-8/h6,8,13H,2-5H2,1H3. The van der Waals surface area contributed by atoms with Crippen molar-refractivity contribution in [3.8, 4) is 0 Å². The molecule has 4 nitrogen and oxygen atoms in total. The van der Waals surface area contributed by atoms with E-state index in [-0.39, 0.29) is 12.5 Å². The molecule has 0 bridgehead atoms. The Morgan fingerprint density at radius 2 is 2.47 bits per heavy atom. The van der Waals surface area contributed by atoms with E-state index in [1.54, 1.807) is 11.1 Å². The molecule has 2 rings (SSSR count). The van der Waals surface area contributed by atoms with Crippen molar-refractivity contribution in [2.75, 3.05) is 13.2 Å². The third kappa shape index (κ3) is 2.35. The van der Waals surface area contributed by atoms with Crippen molar-refractivity contribution in [2.45, 2.75) is 25.8 Å². The molecule has 1 fully saturated rings. The molecule has 1 amide bonds. The summed E-state index contributed by atoms with van der Waals surface area (Å²) in [6.07, 6.45) is 3.74. The molecule has 15 heavy (non-hydrogen) atoms. The summed E-state index contributed by atoms with van der Waals surface area (Å²) < 4.78 is 0. The van der Waals surface area contributed by atoms with Crippen LogP contribution in [0, 0.1) is 6.92 Å². The Balaban J connectivity index is 2.10. The monoisotopic (exact) mass is 226 g/mol. The number of aryl methyl sites for hydroxylation is 1. The molecule has 0 atom stereocenters. The van der Waals surface area contributed by atoms with E-state index in [1.165, 1.54) is 11.3 Å². The number of carbonyl (C=O) groups is 1. The Morgan fingerprint density at radius 1 is 1.73 bits per heavy atom. The topological polar surface area (TPSA) is 53.4 Å². The molecule has 1 saturated carbocycles. The van der Waals surface area contributed by atoms with Crippen molar-refractivity contribution in [3.05, 3.63) is 16.1 Å². The number of aliphatic hydroxyl groups is 1. The zero-order chi connectivity index (χ0) is 10.8. The molecule has 82 valence electrons. The number of hydrogen-bond donors (Lipinski definition) is 1. The molecule has 1 aromatic rings. The summed E-state index contributed by atoms with van der Waals surface area (Å²) in [4.78, 5) is 18.5. The van der Waals surface area contributed by atoms with Gasteiger partial charge in [-0.15, -0.1) is 11.3 Å². The number of amides is 1. The van der Waals surface area contributed by atoms with Gasteiger partial charge in [-0.2, -0.15) is 0 Å². The van der Waals surface area contributed by atoms with Gasteiger partial charge in [-0.3, -0.25) is 4.79 Å². The molecule has 1 N–H and O–H groups in total. The highest BCUT2D eigenvalue weighted by molar-refractivity contribution is 7.13. The SMILES string of the molecule is Cc1ncc(C(=O)N(CCO)C2CC2)s1. The Kier molecular flexibility index (Phi) is 3.02. The van der Waals surface area contributed by atoms with Gasteiger partial charge in [-0.25, -0.2) is 4.98 Å². The fourth-order valence-electron chi connectivity index (χ4n) is 1.55. The van der Waals surface area contributed by atoms with Crippen LogP contribution in [-0.2, 0) is 0 Å². The van der Waals surface area contributed by atoms with Gasteiger partial charge in [0.25, 0.3) is 5.91 Å². The van der Waals surface area contributed by atoms with E-state index >= 15 is 0 Å². The highest BCUT2D eigenvalue weighted by Gasteiger charge is 2.33. The number of aromatic nitrogens is 1. The van der Waals surface area contributed by atoms with E-state index in [9.17, 15) is 4.79 Å². The van der Waals surface area contributed by atoms with E-state index in [2.05, 4.69) is 4.98 Å². The maximum absolute atomic E-state index is 12.0.